The van der Waals surface area contributed by atoms with Crippen LogP contribution in [0, 0.1) is 5.92 Å². The van der Waals surface area contributed by atoms with Crippen molar-refractivity contribution in [3.05, 3.63) is 29.8 Å². The Hall–Kier alpha value is -1.22. The van der Waals surface area contributed by atoms with E-state index in [1.807, 2.05) is 12.1 Å². The SMILES string of the molecule is OC[C@H]1O[C@@H](OCCCCc2ccc(OCC3CC3)cc2)[C@H](O)[C@@H](O)[C@@H]1O. The van der Waals surface area contributed by atoms with Crippen molar-refractivity contribution in [1.82, 2.24) is 0 Å². The van der Waals surface area contributed by atoms with Gasteiger partial charge in [-0.25, -0.2) is 0 Å². The smallest absolute Gasteiger partial charge is 0.186 e. The molecule has 3 rings (SSSR count). The first kappa shape index (κ1) is 20.5. The van der Waals surface area contributed by atoms with Gasteiger partial charge in [-0.15, -0.1) is 0 Å². The van der Waals surface area contributed by atoms with Crippen LogP contribution < -0.4 is 4.74 Å². The van der Waals surface area contributed by atoms with Gasteiger partial charge in [0, 0.05) is 6.61 Å². The van der Waals surface area contributed by atoms with E-state index in [9.17, 15) is 15.3 Å². The Morgan fingerprint density at radius 1 is 0.963 bits per heavy atom. The summed E-state index contributed by atoms with van der Waals surface area (Å²) < 4.78 is 16.5. The third-order valence-electron chi connectivity index (χ3n) is 5.10. The third kappa shape index (κ3) is 5.88. The molecule has 7 nitrogen and oxygen atoms in total. The number of unbranched alkanes of at least 4 members (excludes halogenated alkanes) is 1. The molecule has 1 saturated heterocycles. The van der Waals surface area contributed by atoms with Crippen LogP contribution >= 0.6 is 0 Å². The molecule has 7 heteroatoms. The second-order valence-corrected chi connectivity index (χ2v) is 7.42. The quantitative estimate of drug-likeness (QED) is 0.439. The summed E-state index contributed by atoms with van der Waals surface area (Å²) in [5.74, 6) is 1.66. The molecule has 1 saturated carbocycles. The van der Waals surface area contributed by atoms with Gasteiger partial charge in [0.25, 0.3) is 0 Å². The third-order valence-corrected chi connectivity index (χ3v) is 5.10. The molecular weight excluding hydrogens is 352 g/mol. The summed E-state index contributed by atoms with van der Waals surface area (Å²) in [6, 6.07) is 8.14. The molecule has 2 aliphatic rings. The molecule has 2 fully saturated rings. The molecule has 152 valence electrons. The van der Waals surface area contributed by atoms with Crippen LogP contribution in [0.2, 0.25) is 0 Å². The maximum Gasteiger partial charge on any atom is 0.186 e. The number of aliphatic hydroxyl groups excluding tert-OH is 4. The van der Waals surface area contributed by atoms with Gasteiger partial charge in [0.15, 0.2) is 6.29 Å². The van der Waals surface area contributed by atoms with Crippen LogP contribution in [0.15, 0.2) is 24.3 Å². The lowest BCUT2D eigenvalue weighted by molar-refractivity contribution is -0.301. The van der Waals surface area contributed by atoms with Crippen molar-refractivity contribution in [3.8, 4) is 5.75 Å². The number of benzene rings is 1. The molecule has 0 radical (unpaired) electrons. The molecule has 0 spiro atoms. The van der Waals surface area contributed by atoms with E-state index in [1.165, 1.54) is 18.4 Å². The first-order valence-electron chi connectivity index (χ1n) is 9.72. The molecule has 1 aliphatic heterocycles. The van der Waals surface area contributed by atoms with Crippen molar-refractivity contribution in [2.75, 3.05) is 19.8 Å². The van der Waals surface area contributed by atoms with Gasteiger partial charge in [0.1, 0.15) is 30.2 Å². The minimum absolute atomic E-state index is 0.352. The van der Waals surface area contributed by atoms with E-state index in [0.29, 0.717) is 6.61 Å². The van der Waals surface area contributed by atoms with Crippen LogP contribution in [0.1, 0.15) is 31.2 Å². The highest BCUT2D eigenvalue weighted by atomic mass is 16.7. The molecule has 0 aromatic heterocycles. The van der Waals surface area contributed by atoms with Gasteiger partial charge in [0.05, 0.1) is 13.2 Å². The van der Waals surface area contributed by atoms with Crippen LogP contribution in [0.3, 0.4) is 0 Å². The summed E-state index contributed by atoms with van der Waals surface area (Å²) in [5, 5.41) is 38.5. The Kier molecular flexibility index (Phi) is 7.46. The van der Waals surface area contributed by atoms with Gasteiger partial charge in [-0.1, -0.05) is 12.1 Å². The topological polar surface area (TPSA) is 109 Å². The minimum atomic E-state index is -1.40. The van der Waals surface area contributed by atoms with E-state index in [-0.39, 0.29) is 0 Å². The van der Waals surface area contributed by atoms with E-state index in [1.54, 1.807) is 0 Å². The minimum Gasteiger partial charge on any atom is -0.493 e. The summed E-state index contributed by atoms with van der Waals surface area (Å²) in [6.45, 7) is 0.713. The highest BCUT2D eigenvalue weighted by Crippen LogP contribution is 2.29. The van der Waals surface area contributed by atoms with Crippen molar-refractivity contribution in [3.63, 3.8) is 0 Å². The lowest BCUT2D eigenvalue weighted by Crippen LogP contribution is -2.59. The fourth-order valence-corrected chi connectivity index (χ4v) is 3.09. The van der Waals surface area contributed by atoms with Crippen molar-refractivity contribution in [2.24, 2.45) is 5.92 Å². The van der Waals surface area contributed by atoms with Gasteiger partial charge in [-0.3, -0.25) is 0 Å². The number of hydrogen-bond acceptors (Lipinski definition) is 7. The van der Waals surface area contributed by atoms with E-state index in [4.69, 9.17) is 19.3 Å². The molecular formula is C20H30O7. The van der Waals surface area contributed by atoms with Gasteiger partial charge < -0.3 is 34.6 Å². The summed E-state index contributed by atoms with van der Waals surface area (Å²) in [7, 11) is 0. The predicted molar refractivity (Wildman–Crippen MR) is 97.3 cm³/mol. The van der Waals surface area contributed by atoms with Gasteiger partial charge in [0.2, 0.25) is 0 Å². The summed E-state index contributed by atoms with van der Waals surface area (Å²) in [4.78, 5) is 0. The molecule has 1 aliphatic carbocycles. The van der Waals surface area contributed by atoms with Crippen molar-refractivity contribution < 1.29 is 34.6 Å². The van der Waals surface area contributed by atoms with Crippen LogP contribution in [-0.4, -0.2) is 71.0 Å². The molecule has 0 bridgehead atoms. The maximum absolute atomic E-state index is 9.91. The van der Waals surface area contributed by atoms with E-state index in [0.717, 1.165) is 37.5 Å². The molecule has 1 aromatic rings. The second-order valence-electron chi connectivity index (χ2n) is 7.42. The highest BCUT2D eigenvalue weighted by Gasteiger charge is 2.43. The van der Waals surface area contributed by atoms with E-state index >= 15 is 0 Å². The van der Waals surface area contributed by atoms with Crippen molar-refractivity contribution >= 4 is 0 Å². The zero-order valence-electron chi connectivity index (χ0n) is 15.4. The number of rotatable bonds is 10. The van der Waals surface area contributed by atoms with Crippen LogP contribution in [-0.2, 0) is 15.9 Å². The Labute approximate surface area is 159 Å². The fraction of sp³-hybridized carbons (Fsp3) is 0.700. The standard InChI is InChI=1S/C20H30O7/c21-11-16-17(22)18(23)19(24)20(27-16)25-10-2-1-3-13-6-8-15(9-7-13)26-12-14-4-5-14/h6-9,14,16-24H,1-5,10-12H2/t16-,17-,18+,19-,20-/m1/s1. The monoisotopic (exact) mass is 382 g/mol. The van der Waals surface area contributed by atoms with E-state index in [2.05, 4.69) is 12.1 Å². The van der Waals surface area contributed by atoms with E-state index < -0.39 is 37.3 Å². The molecule has 1 heterocycles. The predicted octanol–water partition coefficient (Wildman–Crippen LogP) is 0.615. The number of hydrogen-bond donors (Lipinski definition) is 4. The fourth-order valence-electron chi connectivity index (χ4n) is 3.09. The van der Waals surface area contributed by atoms with Gasteiger partial charge in [-0.2, -0.15) is 0 Å². The van der Waals surface area contributed by atoms with Crippen LogP contribution in [0.25, 0.3) is 0 Å². The van der Waals surface area contributed by atoms with Gasteiger partial charge >= 0.3 is 0 Å². The Bertz CT molecular complexity index is 558. The first-order chi connectivity index (χ1) is 13.1. The molecule has 5 atom stereocenters. The summed E-state index contributed by atoms with van der Waals surface area (Å²) >= 11 is 0. The zero-order valence-corrected chi connectivity index (χ0v) is 15.4. The summed E-state index contributed by atoms with van der Waals surface area (Å²) in [6.07, 6.45) is -0.964. The molecule has 27 heavy (non-hydrogen) atoms. The van der Waals surface area contributed by atoms with Gasteiger partial charge in [-0.05, 0) is 55.7 Å². The molecule has 0 amide bonds. The average Bonchev–Trinajstić information content (AvgIpc) is 3.51. The Balaban J connectivity index is 1.32. The molecule has 4 N–H and O–H groups in total. The Morgan fingerprint density at radius 3 is 2.37 bits per heavy atom. The normalized spacial score (nSPS) is 31.0. The second kappa shape index (κ2) is 9.82. The molecule has 0 unspecified atom stereocenters. The van der Waals surface area contributed by atoms with Crippen LogP contribution in [0.5, 0.6) is 5.75 Å². The largest absolute Gasteiger partial charge is 0.493 e. The van der Waals surface area contributed by atoms with Crippen LogP contribution in [0.4, 0.5) is 0 Å². The molecule has 1 aromatic carbocycles. The van der Waals surface area contributed by atoms with Crippen molar-refractivity contribution in [2.45, 2.75) is 62.8 Å². The number of ether oxygens (including phenoxy) is 3. The lowest BCUT2D eigenvalue weighted by atomic mass is 9.99. The number of aliphatic hydroxyl groups is 4. The summed E-state index contributed by atoms with van der Waals surface area (Å²) in [5.41, 5.74) is 1.22. The average molecular weight is 382 g/mol. The first-order valence-corrected chi connectivity index (χ1v) is 9.72. The maximum atomic E-state index is 9.91. The highest BCUT2D eigenvalue weighted by molar-refractivity contribution is 5.27. The Morgan fingerprint density at radius 2 is 1.70 bits per heavy atom. The zero-order chi connectivity index (χ0) is 19.2. The van der Waals surface area contributed by atoms with Crippen molar-refractivity contribution in [1.29, 1.82) is 0 Å². The number of aryl methyl sites for hydroxylation is 1. The lowest BCUT2D eigenvalue weighted by Gasteiger charge is -2.39.